The van der Waals surface area contributed by atoms with E-state index in [0.717, 1.165) is 32.2 Å². The molecule has 0 fully saturated rings. The number of hydrogen-bond donors (Lipinski definition) is 0. The topological polar surface area (TPSA) is 29.5 Å². The molecule has 13 heavy (non-hydrogen) atoms. The summed E-state index contributed by atoms with van der Waals surface area (Å²) in [6.07, 6.45) is 7.73. The van der Waals surface area contributed by atoms with Crippen LogP contribution in [0, 0.1) is 0 Å². The molecule has 0 atom stereocenters. The van der Waals surface area contributed by atoms with Gasteiger partial charge in [-0.15, -0.1) is 0 Å². The Balaban J connectivity index is 2.21. The summed E-state index contributed by atoms with van der Waals surface area (Å²) in [4.78, 5) is 13.0. The van der Waals surface area contributed by atoms with Gasteiger partial charge in [-0.1, -0.05) is 19.4 Å². The van der Waals surface area contributed by atoms with Crippen molar-refractivity contribution in [3.63, 3.8) is 0 Å². The van der Waals surface area contributed by atoms with Crippen molar-refractivity contribution in [2.24, 2.45) is 0 Å². The van der Waals surface area contributed by atoms with E-state index in [1.165, 1.54) is 0 Å². The molecule has 0 aromatic heterocycles. The van der Waals surface area contributed by atoms with Crippen molar-refractivity contribution in [1.29, 1.82) is 0 Å². The third kappa shape index (κ3) is 3.49. The maximum absolute atomic E-state index is 11.3. The number of amides is 1. The van der Waals surface area contributed by atoms with Gasteiger partial charge in [-0.05, 0) is 19.3 Å². The van der Waals surface area contributed by atoms with Crippen molar-refractivity contribution >= 4 is 6.09 Å². The van der Waals surface area contributed by atoms with E-state index >= 15 is 0 Å². The van der Waals surface area contributed by atoms with E-state index in [-0.39, 0.29) is 6.09 Å². The molecule has 3 heteroatoms. The van der Waals surface area contributed by atoms with E-state index in [0.29, 0.717) is 6.61 Å². The van der Waals surface area contributed by atoms with Gasteiger partial charge in [-0.2, -0.15) is 0 Å². The standard InChI is InChI=1S/C10H17NO2/c1-2-3-9-13-10(12)11-7-5-4-6-8-11/h5,7H,2-4,6,8-9H2,1H3. The predicted molar refractivity (Wildman–Crippen MR) is 51.3 cm³/mol. The number of carbonyl (C=O) groups is 1. The predicted octanol–water partition coefficient (Wildman–Crippen LogP) is 2.53. The van der Waals surface area contributed by atoms with Crippen molar-refractivity contribution < 1.29 is 9.53 Å². The van der Waals surface area contributed by atoms with Crippen LogP contribution in [0.5, 0.6) is 0 Å². The molecule has 1 amide bonds. The Morgan fingerprint density at radius 1 is 1.62 bits per heavy atom. The first-order valence-electron chi connectivity index (χ1n) is 4.94. The second kappa shape index (κ2) is 5.62. The summed E-state index contributed by atoms with van der Waals surface area (Å²) in [6, 6.07) is 0. The van der Waals surface area contributed by atoms with E-state index < -0.39 is 0 Å². The largest absolute Gasteiger partial charge is 0.449 e. The highest BCUT2D eigenvalue weighted by Gasteiger charge is 2.12. The minimum atomic E-state index is -0.204. The molecule has 0 spiro atoms. The molecule has 1 rings (SSSR count). The van der Waals surface area contributed by atoms with Crippen LogP contribution in [-0.2, 0) is 4.74 Å². The Labute approximate surface area is 79.4 Å². The molecule has 1 heterocycles. The van der Waals surface area contributed by atoms with Crippen LogP contribution in [0.3, 0.4) is 0 Å². The molecule has 0 N–H and O–H groups in total. The average molecular weight is 183 g/mol. The van der Waals surface area contributed by atoms with Crippen LogP contribution in [-0.4, -0.2) is 24.1 Å². The van der Waals surface area contributed by atoms with Gasteiger partial charge in [0.25, 0.3) is 0 Å². The molecule has 0 saturated heterocycles. The van der Waals surface area contributed by atoms with Crippen LogP contribution in [0.2, 0.25) is 0 Å². The molecule has 74 valence electrons. The van der Waals surface area contributed by atoms with E-state index in [9.17, 15) is 4.79 Å². The van der Waals surface area contributed by atoms with Gasteiger partial charge >= 0.3 is 6.09 Å². The Morgan fingerprint density at radius 2 is 2.46 bits per heavy atom. The maximum atomic E-state index is 11.3. The number of ether oxygens (including phenoxy) is 1. The number of unbranched alkanes of at least 4 members (excludes halogenated alkanes) is 1. The summed E-state index contributed by atoms with van der Waals surface area (Å²) in [5.74, 6) is 0. The lowest BCUT2D eigenvalue weighted by molar-refractivity contribution is 0.114. The van der Waals surface area contributed by atoms with Gasteiger partial charge in [-0.25, -0.2) is 4.79 Å². The van der Waals surface area contributed by atoms with Gasteiger partial charge in [0.05, 0.1) is 6.61 Å². The van der Waals surface area contributed by atoms with E-state index in [1.54, 1.807) is 4.90 Å². The van der Waals surface area contributed by atoms with Crippen LogP contribution in [0.15, 0.2) is 12.3 Å². The smallest absolute Gasteiger partial charge is 0.413 e. The molecule has 1 aliphatic heterocycles. The highest BCUT2D eigenvalue weighted by atomic mass is 16.6. The molecule has 0 bridgehead atoms. The lowest BCUT2D eigenvalue weighted by Gasteiger charge is -2.20. The van der Waals surface area contributed by atoms with E-state index in [4.69, 9.17) is 4.74 Å². The van der Waals surface area contributed by atoms with Crippen molar-refractivity contribution in [2.75, 3.05) is 13.2 Å². The zero-order chi connectivity index (χ0) is 9.52. The van der Waals surface area contributed by atoms with Crippen molar-refractivity contribution in [1.82, 2.24) is 4.90 Å². The van der Waals surface area contributed by atoms with Gasteiger partial charge in [0, 0.05) is 12.7 Å². The fourth-order valence-corrected chi connectivity index (χ4v) is 1.19. The Kier molecular flexibility index (Phi) is 4.36. The molecular weight excluding hydrogens is 166 g/mol. The zero-order valence-corrected chi connectivity index (χ0v) is 8.16. The van der Waals surface area contributed by atoms with Crippen LogP contribution in [0.1, 0.15) is 32.6 Å². The van der Waals surface area contributed by atoms with Crippen LogP contribution in [0.4, 0.5) is 4.79 Å². The van der Waals surface area contributed by atoms with Gasteiger partial charge in [0.1, 0.15) is 0 Å². The van der Waals surface area contributed by atoms with Crippen LogP contribution < -0.4 is 0 Å². The molecule has 0 unspecified atom stereocenters. The monoisotopic (exact) mass is 183 g/mol. The third-order valence-electron chi connectivity index (χ3n) is 2.01. The Bertz CT molecular complexity index is 189. The summed E-state index contributed by atoms with van der Waals surface area (Å²) < 4.78 is 5.06. The highest BCUT2D eigenvalue weighted by Crippen LogP contribution is 2.07. The van der Waals surface area contributed by atoms with Crippen LogP contribution in [0.25, 0.3) is 0 Å². The van der Waals surface area contributed by atoms with Crippen molar-refractivity contribution in [3.8, 4) is 0 Å². The van der Waals surface area contributed by atoms with Crippen molar-refractivity contribution in [2.45, 2.75) is 32.6 Å². The van der Waals surface area contributed by atoms with E-state index in [1.807, 2.05) is 12.3 Å². The maximum Gasteiger partial charge on any atom is 0.413 e. The van der Waals surface area contributed by atoms with Gasteiger partial charge in [0.15, 0.2) is 0 Å². The van der Waals surface area contributed by atoms with Crippen molar-refractivity contribution in [3.05, 3.63) is 12.3 Å². The lowest BCUT2D eigenvalue weighted by atomic mass is 10.2. The average Bonchev–Trinajstić information content (AvgIpc) is 2.19. The normalized spacial score (nSPS) is 15.9. The van der Waals surface area contributed by atoms with Gasteiger partial charge in [0.2, 0.25) is 0 Å². The molecule has 0 saturated carbocycles. The number of nitrogens with zero attached hydrogens (tertiary/aromatic N) is 1. The Morgan fingerprint density at radius 3 is 3.08 bits per heavy atom. The second-order valence-corrected chi connectivity index (χ2v) is 3.19. The SMILES string of the molecule is CCCCOC(=O)N1C=CCCC1. The number of allylic oxidation sites excluding steroid dienone is 1. The summed E-state index contributed by atoms with van der Waals surface area (Å²) >= 11 is 0. The molecule has 0 aliphatic carbocycles. The first kappa shape index (κ1) is 10.1. The summed E-state index contributed by atoms with van der Waals surface area (Å²) in [5.41, 5.74) is 0. The lowest BCUT2D eigenvalue weighted by Crippen LogP contribution is -2.29. The second-order valence-electron chi connectivity index (χ2n) is 3.19. The molecule has 0 aromatic carbocycles. The first-order valence-corrected chi connectivity index (χ1v) is 4.94. The summed E-state index contributed by atoms with van der Waals surface area (Å²) in [6.45, 7) is 3.41. The highest BCUT2D eigenvalue weighted by molar-refractivity contribution is 5.68. The summed E-state index contributed by atoms with van der Waals surface area (Å²) in [5, 5.41) is 0. The quantitative estimate of drug-likeness (QED) is 0.629. The minimum absolute atomic E-state index is 0.204. The van der Waals surface area contributed by atoms with Gasteiger partial charge < -0.3 is 4.74 Å². The zero-order valence-electron chi connectivity index (χ0n) is 8.16. The number of carbonyl (C=O) groups excluding carboxylic acids is 1. The molecule has 0 radical (unpaired) electrons. The fourth-order valence-electron chi connectivity index (χ4n) is 1.19. The molecular formula is C10H17NO2. The van der Waals surface area contributed by atoms with Gasteiger partial charge in [-0.3, -0.25) is 4.90 Å². The first-order chi connectivity index (χ1) is 6.34. The third-order valence-corrected chi connectivity index (χ3v) is 2.01. The van der Waals surface area contributed by atoms with Crippen LogP contribution >= 0.6 is 0 Å². The summed E-state index contributed by atoms with van der Waals surface area (Å²) in [7, 11) is 0. The molecule has 0 aromatic rings. The minimum Gasteiger partial charge on any atom is -0.449 e. The van der Waals surface area contributed by atoms with E-state index in [2.05, 4.69) is 6.92 Å². The number of hydrogen-bond acceptors (Lipinski definition) is 2. The number of rotatable bonds is 3. The fraction of sp³-hybridized carbons (Fsp3) is 0.700. The molecule has 1 aliphatic rings. The molecule has 3 nitrogen and oxygen atoms in total. The Hall–Kier alpha value is -0.990.